The number of amides is 1. The Morgan fingerprint density at radius 2 is 2.12 bits per heavy atom. The summed E-state index contributed by atoms with van der Waals surface area (Å²) in [5.41, 5.74) is 0.975. The fourth-order valence-electron chi connectivity index (χ4n) is 1.38. The topological polar surface area (TPSA) is 82.2 Å². The average Bonchev–Trinajstić information content (AvgIpc) is 2.81. The summed E-state index contributed by atoms with van der Waals surface area (Å²) < 4.78 is 0. The summed E-state index contributed by atoms with van der Waals surface area (Å²) in [6.45, 7) is 0. The number of nitrogens with one attached hydrogen (secondary N) is 2. The first-order valence-electron chi connectivity index (χ1n) is 4.93. The smallest absolute Gasteiger partial charge is 0.272 e. The Hall–Kier alpha value is -2.56. The number of hydrogen-bond acceptors (Lipinski definition) is 3. The largest absolute Gasteiger partial charge is 0.506 e. The van der Waals surface area contributed by atoms with Gasteiger partial charge in [0.1, 0.15) is 11.4 Å². The first kappa shape index (κ1) is 10.9. The first-order chi connectivity index (χ1) is 8.20. The van der Waals surface area contributed by atoms with Crippen LogP contribution in [0.25, 0.3) is 0 Å². The Morgan fingerprint density at radius 3 is 2.76 bits per heavy atom. The molecule has 0 bridgehead atoms. The van der Waals surface area contributed by atoms with Crippen molar-refractivity contribution in [2.24, 2.45) is 0 Å². The van der Waals surface area contributed by atoms with Crippen molar-refractivity contribution in [1.82, 2.24) is 4.98 Å². The van der Waals surface area contributed by atoms with Crippen molar-refractivity contribution in [2.75, 3.05) is 5.32 Å². The predicted molar refractivity (Wildman–Crippen MR) is 62.2 cm³/mol. The Balaban J connectivity index is 2.17. The van der Waals surface area contributed by atoms with Crippen LogP contribution in [0.15, 0.2) is 36.5 Å². The molecule has 0 saturated heterocycles. The lowest BCUT2D eigenvalue weighted by molar-refractivity contribution is 0.102. The molecule has 3 N–H and O–H groups in total. The summed E-state index contributed by atoms with van der Waals surface area (Å²) in [5.74, 6) is -0.428. The van der Waals surface area contributed by atoms with Crippen LogP contribution >= 0.6 is 0 Å². The van der Waals surface area contributed by atoms with Gasteiger partial charge >= 0.3 is 0 Å². The molecule has 1 aromatic heterocycles. The minimum absolute atomic E-state index is 0.0111. The lowest BCUT2D eigenvalue weighted by Crippen LogP contribution is -2.12. The van der Waals surface area contributed by atoms with Gasteiger partial charge in [0.2, 0.25) is 0 Å². The number of aromatic nitrogens is 1. The Labute approximate surface area is 97.1 Å². The molecule has 0 aliphatic rings. The molecule has 0 radical (unpaired) electrons. The van der Waals surface area contributed by atoms with Crippen LogP contribution in [0.4, 0.5) is 5.69 Å². The van der Waals surface area contributed by atoms with Crippen molar-refractivity contribution in [3.63, 3.8) is 0 Å². The number of para-hydroxylation sites is 2. The van der Waals surface area contributed by atoms with Crippen molar-refractivity contribution >= 4 is 17.9 Å². The second-order valence-electron chi connectivity index (χ2n) is 3.44. The second-order valence-corrected chi connectivity index (χ2v) is 3.44. The molecule has 0 saturated carbocycles. The van der Waals surface area contributed by atoms with E-state index in [0.29, 0.717) is 17.5 Å². The third-order valence-corrected chi connectivity index (χ3v) is 2.24. The first-order valence-corrected chi connectivity index (χ1v) is 4.93. The number of hydrogen-bond donors (Lipinski definition) is 3. The maximum Gasteiger partial charge on any atom is 0.272 e. The normalized spacial score (nSPS) is 9.88. The summed E-state index contributed by atoms with van der Waals surface area (Å²) in [6.07, 6.45) is 2.08. The summed E-state index contributed by atoms with van der Waals surface area (Å²) >= 11 is 0. The van der Waals surface area contributed by atoms with Gasteiger partial charge in [-0.05, 0) is 18.2 Å². The van der Waals surface area contributed by atoms with Gasteiger partial charge in [0.05, 0.1) is 5.69 Å². The molecule has 5 heteroatoms. The molecule has 0 atom stereocenters. The summed E-state index contributed by atoms with van der Waals surface area (Å²) in [6, 6.07) is 7.84. The van der Waals surface area contributed by atoms with Gasteiger partial charge in [-0.25, -0.2) is 0 Å². The Morgan fingerprint density at radius 1 is 1.35 bits per heavy atom. The highest BCUT2D eigenvalue weighted by molar-refractivity contribution is 6.04. The van der Waals surface area contributed by atoms with Crippen LogP contribution < -0.4 is 5.32 Å². The van der Waals surface area contributed by atoms with Gasteiger partial charge in [-0.1, -0.05) is 12.1 Å². The number of aromatic hydroxyl groups is 1. The number of carbonyl (C=O) groups excluding carboxylic acids is 2. The lowest BCUT2D eigenvalue weighted by atomic mass is 10.2. The van der Waals surface area contributed by atoms with Crippen molar-refractivity contribution in [3.05, 3.63) is 47.8 Å². The highest BCUT2D eigenvalue weighted by atomic mass is 16.3. The van der Waals surface area contributed by atoms with E-state index in [1.807, 2.05) is 0 Å². The van der Waals surface area contributed by atoms with Gasteiger partial charge in [-0.2, -0.15) is 0 Å². The van der Waals surface area contributed by atoms with Gasteiger partial charge in [-0.3, -0.25) is 9.59 Å². The molecule has 2 rings (SSSR count). The van der Waals surface area contributed by atoms with E-state index in [0.717, 1.165) is 0 Å². The van der Waals surface area contributed by atoms with Gasteiger partial charge in [0.25, 0.3) is 5.91 Å². The summed E-state index contributed by atoms with van der Waals surface area (Å²) in [4.78, 5) is 24.9. The van der Waals surface area contributed by atoms with Crippen LogP contribution in [-0.2, 0) is 0 Å². The number of carbonyl (C=O) groups is 2. The van der Waals surface area contributed by atoms with E-state index in [1.165, 1.54) is 18.3 Å². The number of aldehydes is 1. The molecule has 0 fully saturated rings. The Bertz CT molecular complexity index is 560. The van der Waals surface area contributed by atoms with Crippen LogP contribution in [0.5, 0.6) is 5.75 Å². The van der Waals surface area contributed by atoms with E-state index in [2.05, 4.69) is 10.3 Å². The zero-order valence-corrected chi connectivity index (χ0v) is 8.81. The van der Waals surface area contributed by atoms with E-state index < -0.39 is 5.91 Å². The summed E-state index contributed by atoms with van der Waals surface area (Å²) in [5, 5.41) is 12.0. The maximum absolute atomic E-state index is 11.7. The zero-order valence-electron chi connectivity index (χ0n) is 8.81. The molecule has 5 nitrogen and oxygen atoms in total. The number of phenols is 1. The van der Waals surface area contributed by atoms with Crippen LogP contribution in [0.1, 0.15) is 20.8 Å². The molecule has 86 valence electrons. The van der Waals surface area contributed by atoms with Crippen molar-refractivity contribution < 1.29 is 14.7 Å². The van der Waals surface area contributed by atoms with Gasteiger partial charge in [0, 0.05) is 11.8 Å². The monoisotopic (exact) mass is 230 g/mol. The predicted octanol–water partition coefficient (Wildman–Crippen LogP) is 1.79. The fourth-order valence-corrected chi connectivity index (χ4v) is 1.38. The van der Waals surface area contributed by atoms with Gasteiger partial charge < -0.3 is 15.4 Å². The lowest BCUT2D eigenvalue weighted by Gasteiger charge is -2.05. The maximum atomic E-state index is 11.7. The molecular formula is C12H10N2O3. The standard InChI is InChI=1S/C12H10N2O3/c15-7-8-5-10(13-6-8)12(17)14-9-3-1-2-4-11(9)16/h1-7,13,16H,(H,14,17). The molecule has 0 spiro atoms. The second kappa shape index (κ2) is 4.52. The molecule has 0 aliphatic heterocycles. The fraction of sp³-hybridized carbons (Fsp3) is 0. The van der Waals surface area contributed by atoms with E-state index in [-0.39, 0.29) is 11.4 Å². The number of phenolic OH excluding ortho intramolecular Hbond substituents is 1. The quantitative estimate of drug-likeness (QED) is 0.555. The SMILES string of the molecule is O=Cc1c[nH]c(C(=O)Nc2ccccc2O)c1. The van der Waals surface area contributed by atoms with E-state index in [1.54, 1.807) is 18.2 Å². The van der Waals surface area contributed by atoms with Gasteiger partial charge in [0.15, 0.2) is 6.29 Å². The number of H-pyrrole nitrogens is 1. The minimum Gasteiger partial charge on any atom is -0.506 e. The summed E-state index contributed by atoms with van der Waals surface area (Å²) in [7, 11) is 0. The van der Waals surface area contributed by atoms with E-state index in [9.17, 15) is 14.7 Å². The van der Waals surface area contributed by atoms with Crippen LogP contribution in [0, 0.1) is 0 Å². The van der Waals surface area contributed by atoms with Crippen molar-refractivity contribution in [2.45, 2.75) is 0 Å². The van der Waals surface area contributed by atoms with E-state index >= 15 is 0 Å². The van der Waals surface area contributed by atoms with Crippen LogP contribution in [-0.4, -0.2) is 22.3 Å². The molecular weight excluding hydrogens is 220 g/mol. The third-order valence-electron chi connectivity index (χ3n) is 2.24. The van der Waals surface area contributed by atoms with Gasteiger partial charge in [-0.15, -0.1) is 0 Å². The highest BCUT2D eigenvalue weighted by Gasteiger charge is 2.10. The highest BCUT2D eigenvalue weighted by Crippen LogP contribution is 2.21. The van der Waals surface area contributed by atoms with Crippen molar-refractivity contribution in [3.8, 4) is 5.75 Å². The third kappa shape index (κ3) is 2.34. The number of rotatable bonds is 3. The Kier molecular flexibility index (Phi) is 2.91. The number of benzene rings is 1. The molecule has 2 aromatic rings. The number of anilines is 1. The molecule has 17 heavy (non-hydrogen) atoms. The van der Waals surface area contributed by atoms with Crippen molar-refractivity contribution in [1.29, 1.82) is 0 Å². The molecule has 0 aliphatic carbocycles. The average molecular weight is 230 g/mol. The molecule has 1 aromatic carbocycles. The number of aromatic amines is 1. The van der Waals surface area contributed by atoms with E-state index in [4.69, 9.17) is 0 Å². The van der Waals surface area contributed by atoms with Crippen LogP contribution in [0.3, 0.4) is 0 Å². The molecule has 1 amide bonds. The molecule has 1 heterocycles. The molecule has 0 unspecified atom stereocenters. The minimum atomic E-state index is -0.417. The zero-order chi connectivity index (χ0) is 12.3. The van der Waals surface area contributed by atoms with Crippen LogP contribution in [0.2, 0.25) is 0 Å².